The van der Waals surface area contributed by atoms with Gasteiger partial charge >= 0.3 is 0 Å². The standard InChI is InChI=1S/C17H33N5O/c1-13(2)11-22-9-7-14(8-10-22)21-16(19-6)20-12-17(3,4)15(23)18-5/h14H,1,7-12H2,2-6H3,(H,18,23)(H2,19,20,21). The molecule has 0 spiro atoms. The van der Waals surface area contributed by atoms with Crippen LogP contribution in [0, 0.1) is 5.41 Å². The number of carbonyl (C=O) groups is 1. The van der Waals surface area contributed by atoms with Crippen molar-refractivity contribution in [2.75, 3.05) is 40.3 Å². The molecule has 1 aliphatic rings. The molecule has 0 saturated carbocycles. The molecule has 23 heavy (non-hydrogen) atoms. The molecule has 1 amide bonds. The first-order valence-electron chi connectivity index (χ1n) is 8.34. The molecule has 0 aromatic heterocycles. The summed E-state index contributed by atoms with van der Waals surface area (Å²) in [6, 6.07) is 0.422. The van der Waals surface area contributed by atoms with Crippen LogP contribution in [0.15, 0.2) is 17.1 Å². The van der Waals surface area contributed by atoms with Crippen molar-refractivity contribution in [1.82, 2.24) is 20.9 Å². The van der Waals surface area contributed by atoms with Crippen molar-refractivity contribution >= 4 is 11.9 Å². The van der Waals surface area contributed by atoms with Crippen molar-refractivity contribution in [2.45, 2.75) is 39.7 Å². The molecule has 0 aromatic carbocycles. The fourth-order valence-corrected chi connectivity index (χ4v) is 2.73. The predicted octanol–water partition coefficient (Wildman–Crippen LogP) is 0.964. The van der Waals surface area contributed by atoms with E-state index >= 15 is 0 Å². The highest BCUT2D eigenvalue weighted by Gasteiger charge is 2.27. The van der Waals surface area contributed by atoms with Gasteiger partial charge in [-0.05, 0) is 33.6 Å². The Balaban J connectivity index is 2.41. The number of likely N-dealkylation sites (tertiary alicyclic amines) is 1. The first-order chi connectivity index (χ1) is 10.8. The van der Waals surface area contributed by atoms with Gasteiger partial charge in [0.05, 0.1) is 5.41 Å². The largest absolute Gasteiger partial charge is 0.359 e. The van der Waals surface area contributed by atoms with E-state index in [0.29, 0.717) is 12.6 Å². The molecule has 1 fully saturated rings. The number of guanidine groups is 1. The first kappa shape index (κ1) is 19.5. The summed E-state index contributed by atoms with van der Waals surface area (Å²) in [5.74, 6) is 0.786. The van der Waals surface area contributed by atoms with E-state index in [1.807, 2.05) is 13.8 Å². The molecule has 0 bridgehead atoms. The highest BCUT2D eigenvalue weighted by molar-refractivity contribution is 5.84. The van der Waals surface area contributed by atoms with Crippen LogP contribution in [0.2, 0.25) is 0 Å². The summed E-state index contributed by atoms with van der Waals surface area (Å²) in [6.07, 6.45) is 2.18. The van der Waals surface area contributed by atoms with Crippen molar-refractivity contribution < 1.29 is 4.79 Å². The highest BCUT2D eigenvalue weighted by Crippen LogP contribution is 2.14. The monoisotopic (exact) mass is 323 g/mol. The Kier molecular flexibility index (Phi) is 7.55. The molecular weight excluding hydrogens is 290 g/mol. The second-order valence-corrected chi connectivity index (χ2v) is 7.04. The molecule has 1 heterocycles. The number of amides is 1. The third-order valence-electron chi connectivity index (χ3n) is 4.19. The quantitative estimate of drug-likeness (QED) is 0.387. The number of hydrogen-bond acceptors (Lipinski definition) is 3. The van der Waals surface area contributed by atoms with Crippen LogP contribution in [-0.4, -0.2) is 63.1 Å². The summed E-state index contributed by atoms with van der Waals surface area (Å²) < 4.78 is 0. The van der Waals surface area contributed by atoms with Gasteiger partial charge in [-0.1, -0.05) is 12.2 Å². The minimum atomic E-state index is -0.475. The van der Waals surface area contributed by atoms with Crippen molar-refractivity contribution in [3.63, 3.8) is 0 Å². The lowest BCUT2D eigenvalue weighted by molar-refractivity contribution is -0.128. The molecule has 1 rings (SSSR count). The normalized spacial score (nSPS) is 17.7. The molecule has 0 unspecified atom stereocenters. The van der Waals surface area contributed by atoms with Crippen LogP contribution in [0.5, 0.6) is 0 Å². The van der Waals surface area contributed by atoms with E-state index in [1.165, 1.54) is 5.57 Å². The third-order valence-corrected chi connectivity index (χ3v) is 4.19. The van der Waals surface area contributed by atoms with Crippen molar-refractivity contribution in [1.29, 1.82) is 0 Å². The molecule has 0 aromatic rings. The molecule has 0 radical (unpaired) electrons. The number of aliphatic imine (C=N–C) groups is 1. The van der Waals surface area contributed by atoms with Gasteiger partial charge in [0, 0.05) is 46.3 Å². The lowest BCUT2D eigenvalue weighted by Gasteiger charge is -2.33. The van der Waals surface area contributed by atoms with Crippen molar-refractivity contribution in [2.24, 2.45) is 10.4 Å². The van der Waals surface area contributed by atoms with Crippen LogP contribution < -0.4 is 16.0 Å². The van der Waals surface area contributed by atoms with Crippen LogP contribution in [0.1, 0.15) is 33.6 Å². The topological polar surface area (TPSA) is 68.8 Å². The van der Waals surface area contributed by atoms with E-state index in [-0.39, 0.29) is 5.91 Å². The predicted molar refractivity (Wildman–Crippen MR) is 96.6 cm³/mol. The Morgan fingerprint density at radius 2 is 1.96 bits per heavy atom. The summed E-state index contributed by atoms with van der Waals surface area (Å²) in [4.78, 5) is 18.5. The fourth-order valence-electron chi connectivity index (χ4n) is 2.73. The number of piperidine rings is 1. The zero-order chi connectivity index (χ0) is 17.5. The zero-order valence-corrected chi connectivity index (χ0v) is 15.3. The van der Waals surface area contributed by atoms with Crippen molar-refractivity contribution in [3.05, 3.63) is 12.2 Å². The second-order valence-electron chi connectivity index (χ2n) is 7.04. The minimum absolute atomic E-state index is 0.0218. The maximum Gasteiger partial charge on any atom is 0.227 e. The molecule has 6 heteroatoms. The summed E-state index contributed by atoms with van der Waals surface area (Å²) in [6.45, 7) is 13.6. The molecule has 1 saturated heterocycles. The molecule has 132 valence electrons. The Morgan fingerprint density at radius 3 is 2.43 bits per heavy atom. The Bertz CT molecular complexity index is 436. The second kappa shape index (κ2) is 8.91. The smallest absolute Gasteiger partial charge is 0.227 e. The average molecular weight is 323 g/mol. The molecular formula is C17H33N5O. The van der Waals surface area contributed by atoms with Gasteiger partial charge in [0.15, 0.2) is 5.96 Å². The van der Waals surface area contributed by atoms with E-state index in [9.17, 15) is 4.79 Å². The summed E-state index contributed by atoms with van der Waals surface area (Å²) in [5.41, 5.74) is 0.738. The highest BCUT2D eigenvalue weighted by atomic mass is 16.2. The van der Waals surface area contributed by atoms with Crippen molar-refractivity contribution in [3.8, 4) is 0 Å². The summed E-state index contributed by atoms with van der Waals surface area (Å²) >= 11 is 0. The van der Waals surface area contributed by atoms with Gasteiger partial charge in [-0.3, -0.25) is 14.7 Å². The Labute approximate surface area is 140 Å². The van der Waals surface area contributed by atoms with E-state index in [1.54, 1.807) is 14.1 Å². The number of carbonyl (C=O) groups excluding carboxylic acids is 1. The Hall–Kier alpha value is -1.56. The molecule has 3 N–H and O–H groups in total. The maximum atomic E-state index is 11.8. The van der Waals surface area contributed by atoms with Crippen LogP contribution in [0.25, 0.3) is 0 Å². The van der Waals surface area contributed by atoms with Gasteiger partial charge in [-0.15, -0.1) is 0 Å². The molecule has 0 atom stereocenters. The van der Waals surface area contributed by atoms with Gasteiger partial charge in [0.25, 0.3) is 0 Å². The SMILES string of the molecule is C=C(C)CN1CCC(NC(=NC)NCC(C)(C)C(=O)NC)CC1. The maximum absolute atomic E-state index is 11.8. The first-order valence-corrected chi connectivity index (χ1v) is 8.34. The number of nitrogens with zero attached hydrogens (tertiary/aromatic N) is 2. The number of rotatable bonds is 6. The fraction of sp³-hybridized carbons (Fsp3) is 0.765. The van der Waals surface area contributed by atoms with Gasteiger partial charge in [-0.2, -0.15) is 0 Å². The van der Waals surface area contributed by atoms with Gasteiger partial charge in [-0.25, -0.2) is 0 Å². The van der Waals surface area contributed by atoms with E-state index in [0.717, 1.165) is 38.4 Å². The van der Waals surface area contributed by atoms with Gasteiger partial charge < -0.3 is 16.0 Å². The zero-order valence-electron chi connectivity index (χ0n) is 15.3. The lowest BCUT2D eigenvalue weighted by Crippen LogP contribution is -2.51. The van der Waals surface area contributed by atoms with Crippen LogP contribution in [-0.2, 0) is 4.79 Å². The molecule has 1 aliphatic heterocycles. The lowest BCUT2D eigenvalue weighted by atomic mass is 9.92. The number of nitrogens with one attached hydrogen (secondary N) is 3. The van der Waals surface area contributed by atoms with Crippen LogP contribution >= 0.6 is 0 Å². The molecule has 0 aliphatic carbocycles. The summed E-state index contributed by atoms with van der Waals surface area (Å²) in [7, 11) is 3.42. The van der Waals surface area contributed by atoms with E-state index < -0.39 is 5.41 Å². The Morgan fingerprint density at radius 1 is 1.35 bits per heavy atom. The van der Waals surface area contributed by atoms with Crippen LogP contribution in [0.4, 0.5) is 0 Å². The molecule has 6 nitrogen and oxygen atoms in total. The van der Waals surface area contributed by atoms with E-state index in [4.69, 9.17) is 0 Å². The van der Waals surface area contributed by atoms with Gasteiger partial charge in [0.1, 0.15) is 0 Å². The van der Waals surface area contributed by atoms with Crippen LogP contribution in [0.3, 0.4) is 0 Å². The summed E-state index contributed by atoms with van der Waals surface area (Å²) in [5, 5.41) is 9.43. The van der Waals surface area contributed by atoms with Gasteiger partial charge in [0.2, 0.25) is 5.91 Å². The minimum Gasteiger partial charge on any atom is -0.359 e. The third kappa shape index (κ3) is 6.60. The van der Waals surface area contributed by atoms with E-state index in [2.05, 4.69) is 39.3 Å². The number of hydrogen-bond donors (Lipinski definition) is 3. The average Bonchev–Trinajstić information content (AvgIpc) is 2.51.